The largest absolute Gasteiger partial charge is 0.344 e. The van der Waals surface area contributed by atoms with E-state index in [0.29, 0.717) is 6.04 Å². The number of rotatable bonds is 7. The lowest BCUT2D eigenvalue weighted by Crippen LogP contribution is -2.17. The highest BCUT2D eigenvalue weighted by atomic mass is 15.3. The minimum absolute atomic E-state index is 0.633. The standard InChI is InChI=1S/C17H26N4/c1-2-10-18-13-17-8-5-11-20(17)14-15-9-12-21(19-15)16-6-3-4-7-16/h5,8-9,11-12,16,18H,2-4,6-7,10,13-14H2,1H3. The van der Waals surface area contributed by atoms with E-state index < -0.39 is 0 Å². The van der Waals surface area contributed by atoms with Crippen LogP contribution in [0.4, 0.5) is 0 Å². The quantitative estimate of drug-likeness (QED) is 0.792. The number of hydrogen-bond acceptors (Lipinski definition) is 2. The third-order valence-electron chi connectivity index (χ3n) is 4.35. The molecule has 4 heteroatoms. The average Bonchev–Trinajstić information content (AvgIpc) is 3.20. The molecule has 2 aromatic rings. The van der Waals surface area contributed by atoms with Crippen LogP contribution < -0.4 is 5.32 Å². The van der Waals surface area contributed by atoms with Gasteiger partial charge in [-0.2, -0.15) is 5.10 Å². The summed E-state index contributed by atoms with van der Waals surface area (Å²) in [5.74, 6) is 0. The highest BCUT2D eigenvalue weighted by molar-refractivity contribution is 5.11. The van der Waals surface area contributed by atoms with E-state index in [9.17, 15) is 0 Å². The fourth-order valence-electron chi connectivity index (χ4n) is 3.17. The first-order chi connectivity index (χ1) is 10.4. The van der Waals surface area contributed by atoms with E-state index in [1.54, 1.807) is 0 Å². The summed E-state index contributed by atoms with van der Waals surface area (Å²) in [6, 6.07) is 7.11. The van der Waals surface area contributed by atoms with Crippen LogP contribution in [0.2, 0.25) is 0 Å². The van der Waals surface area contributed by atoms with E-state index >= 15 is 0 Å². The lowest BCUT2D eigenvalue weighted by molar-refractivity contribution is 0.461. The van der Waals surface area contributed by atoms with Crippen molar-refractivity contribution in [3.05, 3.63) is 42.0 Å². The molecule has 0 aliphatic heterocycles. The van der Waals surface area contributed by atoms with Gasteiger partial charge in [0.25, 0.3) is 0 Å². The summed E-state index contributed by atoms with van der Waals surface area (Å²) in [7, 11) is 0. The molecule has 4 nitrogen and oxygen atoms in total. The molecule has 0 spiro atoms. The Balaban J connectivity index is 1.62. The molecule has 1 saturated carbocycles. The summed E-state index contributed by atoms with van der Waals surface area (Å²) in [5.41, 5.74) is 2.49. The van der Waals surface area contributed by atoms with Gasteiger partial charge in [-0.15, -0.1) is 0 Å². The predicted octanol–water partition coefficient (Wildman–Crippen LogP) is 3.35. The Morgan fingerprint density at radius 3 is 2.90 bits per heavy atom. The summed E-state index contributed by atoms with van der Waals surface area (Å²) in [4.78, 5) is 0. The van der Waals surface area contributed by atoms with Gasteiger partial charge in [0.2, 0.25) is 0 Å². The van der Waals surface area contributed by atoms with Crippen molar-refractivity contribution in [2.24, 2.45) is 0 Å². The van der Waals surface area contributed by atoms with Crippen molar-refractivity contribution in [1.82, 2.24) is 19.7 Å². The number of nitrogens with one attached hydrogen (secondary N) is 1. The molecule has 21 heavy (non-hydrogen) atoms. The molecule has 1 fully saturated rings. The minimum atomic E-state index is 0.633. The molecule has 2 aromatic heterocycles. The molecule has 3 rings (SSSR count). The monoisotopic (exact) mass is 286 g/mol. The van der Waals surface area contributed by atoms with Crippen LogP contribution in [-0.2, 0) is 13.1 Å². The maximum atomic E-state index is 4.78. The van der Waals surface area contributed by atoms with Crippen LogP contribution in [0.5, 0.6) is 0 Å². The van der Waals surface area contributed by atoms with Gasteiger partial charge in [-0.25, -0.2) is 0 Å². The predicted molar refractivity (Wildman–Crippen MR) is 85.3 cm³/mol. The van der Waals surface area contributed by atoms with Crippen molar-refractivity contribution < 1.29 is 0 Å². The zero-order chi connectivity index (χ0) is 14.5. The topological polar surface area (TPSA) is 34.8 Å². The fraction of sp³-hybridized carbons (Fsp3) is 0.588. The van der Waals surface area contributed by atoms with E-state index in [0.717, 1.165) is 25.3 Å². The first-order valence-electron chi connectivity index (χ1n) is 8.25. The van der Waals surface area contributed by atoms with Gasteiger partial charge in [-0.3, -0.25) is 4.68 Å². The van der Waals surface area contributed by atoms with Crippen LogP contribution >= 0.6 is 0 Å². The Hall–Kier alpha value is -1.55. The Labute approximate surface area is 127 Å². The molecule has 0 unspecified atom stereocenters. The Bertz CT molecular complexity index is 549. The average molecular weight is 286 g/mol. The van der Waals surface area contributed by atoms with Gasteiger partial charge in [-0.1, -0.05) is 19.8 Å². The Morgan fingerprint density at radius 2 is 2.10 bits per heavy atom. The molecule has 114 valence electrons. The summed E-state index contributed by atoms with van der Waals surface area (Å²) < 4.78 is 4.48. The molecule has 1 aliphatic carbocycles. The molecule has 0 atom stereocenters. The van der Waals surface area contributed by atoms with Crippen molar-refractivity contribution in [3.63, 3.8) is 0 Å². The normalized spacial score (nSPS) is 15.9. The highest BCUT2D eigenvalue weighted by Gasteiger charge is 2.17. The second-order valence-corrected chi connectivity index (χ2v) is 6.03. The van der Waals surface area contributed by atoms with Crippen molar-refractivity contribution in [2.75, 3.05) is 6.54 Å². The van der Waals surface area contributed by atoms with Gasteiger partial charge in [0.05, 0.1) is 18.3 Å². The van der Waals surface area contributed by atoms with Crippen LogP contribution in [0.15, 0.2) is 30.6 Å². The third-order valence-corrected chi connectivity index (χ3v) is 4.35. The number of aromatic nitrogens is 3. The molecule has 0 amide bonds. The van der Waals surface area contributed by atoms with Gasteiger partial charge < -0.3 is 9.88 Å². The molecule has 0 radical (unpaired) electrons. The molecular formula is C17H26N4. The second-order valence-electron chi connectivity index (χ2n) is 6.03. The van der Waals surface area contributed by atoms with E-state index in [1.165, 1.54) is 37.8 Å². The highest BCUT2D eigenvalue weighted by Crippen LogP contribution is 2.28. The van der Waals surface area contributed by atoms with Crippen LogP contribution in [0.3, 0.4) is 0 Å². The summed E-state index contributed by atoms with van der Waals surface area (Å²) >= 11 is 0. The van der Waals surface area contributed by atoms with Gasteiger partial charge in [0.1, 0.15) is 0 Å². The van der Waals surface area contributed by atoms with Gasteiger partial charge in [0.15, 0.2) is 0 Å². The minimum Gasteiger partial charge on any atom is -0.344 e. The zero-order valence-electron chi connectivity index (χ0n) is 13.0. The lowest BCUT2D eigenvalue weighted by Gasteiger charge is -2.10. The first-order valence-corrected chi connectivity index (χ1v) is 8.25. The maximum absolute atomic E-state index is 4.78. The van der Waals surface area contributed by atoms with Gasteiger partial charge >= 0.3 is 0 Å². The number of hydrogen-bond donors (Lipinski definition) is 1. The van der Waals surface area contributed by atoms with Crippen molar-refractivity contribution >= 4 is 0 Å². The molecule has 2 heterocycles. The van der Waals surface area contributed by atoms with E-state index in [-0.39, 0.29) is 0 Å². The number of nitrogens with zero attached hydrogens (tertiary/aromatic N) is 3. The first kappa shape index (κ1) is 14.4. The molecule has 1 N–H and O–H groups in total. The van der Waals surface area contributed by atoms with Crippen LogP contribution in [0, 0.1) is 0 Å². The molecule has 0 saturated heterocycles. The molecular weight excluding hydrogens is 260 g/mol. The third kappa shape index (κ3) is 3.56. The SMILES string of the molecule is CCCNCc1cccn1Cc1ccn(C2CCCC2)n1. The van der Waals surface area contributed by atoms with E-state index in [4.69, 9.17) is 5.10 Å². The zero-order valence-corrected chi connectivity index (χ0v) is 13.0. The van der Waals surface area contributed by atoms with Crippen molar-refractivity contribution in [2.45, 2.75) is 58.2 Å². The Morgan fingerprint density at radius 1 is 1.24 bits per heavy atom. The summed E-state index contributed by atoms with van der Waals surface area (Å²) in [6.07, 6.45) is 10.8. The molecule has 0 aromatic carbocycles. The molecule has 1 aliphatic rings. The summed E-state index contributed by atoms with van der Waals surface area (Å²) in [5, 5.41) is 8.25. The van der Waals surface area contributed by atoms with E-state index in [1.807, 2.05) is 0 Å². The van der Waals surface area contributed by atoms with E-state index in [2.05, 4.69) is 52.1 Å². The smallest absolute Gasteiger partial charge is 0.0821 e. The Kier molecular flexibility index (Phi) is 4.76. The lowest BCUT2D eigenvalue weighted by atomic mass is 10.3. The molecule has 0 bridgehead atoms. The summed E-state index contributed by atoms with van der Waals surface area (Å²) in [6.45, 7) is 5.07. The second kappa shape index (κ2) is 6.94. The van der Waals surface area contributed by atoms with Crippen LogP contribution in [0.1, 0.15) is 56.5 Å². The maximum Gasteiger partial charge on any atom is 0.0821 e. The van der Waals surface area contributed by atoms with Crippen molar-refractivity contribution in [1.29, 1.82) is 0 Å². The fourth-order valence-corrected chi connectivity index (χ4v) is 3.17. The van der Waals surface area contributed by atoms with Crippen molar-refractivity contribution in [3.8, 4) is 0 Å². The van der Waals surface area contributed by atoms with Gasteiger partial charge in [-0.05, 0) is 44.0 Å². The van der Waals surface area contributed by atoms with Crippen LogP contribution in [0.25, 0.3) is 0 Å². The van der Waals surface area contributed by atoms with Crippen LogP contribution in [-0.4, -0.2) is 20.9 Å². The van der Waals surface area contributed by atoms with Gasteiger partial charge in [0, 0.05) is 24.6 Å².